The fourth-order valence-electron chi connectivity index (χ4n) is 8.73. The summed E-state index contributed by atoms with van der Waals surface area (Å²) in [6.45, 7) is 0. The fourth-order valence-corrected chi connectivity index (χ4v) is 8.73. The van der Waals surface area contributed by atoms with Crippen LogP contribution < -0.4 is 4.90 Å². The van der Waals surface area contributed by atoms with Crippen LogP contribution in [0.1, 0.15) is 17.7 Å². The molecule has 2 heterocycles. The van der Waals surface area contributed by atoms with Gasteiger partial charge in [0.05, 0.1) is 16.7 Å². The Balaban J connectivity index is 1.02. The number of allylic oxidation sites excluding steroid dienone is 1. The maximum absolute atomic E-state index is 6.48. The van der Waals surface area contributed by atoms with Crippen LogP contribution in [0.25, 0.3) is 77.9 Å². The average Bonchev–Trinajstić information content (AvgIpc) is 3.83. The molecule has 0 saturated heterocycles. The normalized spacial score (nSPS) is 12.4. The molecule has 0 amide bonds. The summed E-state index contributed by atoms with van der Waals surface area (Å²) in [6, 6.07) is 70.1. The zero-order valence-electron chi connectivity index (χ0n) is 31.3. The summed E-state index contributed by atoms with van der Waals surface area (Å²) >= 11 is 0. The Labute approximate surface area is 332 Å². The van der Waals surface area contributed by atoms with Gasteiger partial charge in [-0.2, -0.15) is 0 Å². The first-order valence-electron chi connectivity index (χ1n) is 19.7. The summed E-state index contributed by atoms with van der Waals surface area (Å²) in [5.74, 6) is 0.979. The van der Waals surface area contributed by atoms with Gasteiger partial charge in [-0.25, -0.2) is 0 Å². The summed E-state index contributed by atoms with van der Waals surface area (Å²) in [5, 5.41) is 3.69. The van der Waals surface area contributed by atoms with Crippen molar-refractivity contribution >= 4 is 55.9 Å². The molecule has 0 aliphatic heterocycles. The van der Waals surface area contributed by atoms with Gasteiger partial charge in [-0.05, 0) is 107 Å². The number of aryl methyl sites for hydroxylation is 1. The predicted octanol–water partition coefficient (Wildman–Crippen LogP) is 15.0. The minimum absolute atomic E-state index is 0.915. The van der Waals surface area contributed by atoms with Crippen LogP contribution in [0.3, 0.4) is 0 Å². The molecular weight excluding hydrogens is 693 g/mol. The van der Waals surface area contributed by atoms with Crippen molar-refractivity contribution in [2.75, 3.05) is 4.90 Å². The molecular formula is C54H38N2O. The molecule has 57 heavy (non-hydrogen) atoms. The van der Waals surface area contributed by atoms with Crippen LogP contribution in [-0.4, -0.2) is 4.57 Å². The summed E-state index contributed by atoms with van der Waals surface area (Å²) in [6.07, 6.45) is 6.38. The summed E-state index contributed by atoms with van der Waals surface area (Å²) in [5.41, 5.74) is 16.1. The standard InChI is InChI=1S/C54H38N2O/c1-3-13-37(14-4-1)38-23-25-40(26-24-38)45-17-7-10-20-50(45)55(44-32-33-48-47-19-9-12-22-53(47)57-54(48)36-44)43-30-27-39(28-31-43)41-29-34-52-49(35-41)46-18-8-11-21-51(46)56(52)42-15-5-2-6-16-42/h1-8,10-18,20-36H,9,19H2. The predicted molar refractivity (Wildman–Crippen MR) is 239 cm³/mol. The molecule has 0 N–H and O–H groups in total. The highest BCUT2D eigenvalue weighted by molar-refractivity contribution is 6.10. The van der Waals surface area contributed by atoms with Gasteiger partial charge in [-0.15, -0.1) is 0 Å². The van der Waals surface area contributed by atoms with Crippen molar-refractivity contribution in [3.8, 4) is 39.1 Å². The highest BCUT2D eigenvalue weighted by Gasteiger charge is 2.21. The van der Waals surface area contributed by atoms with Gasteiger partial charge in [0.25, 0.3) is 0 Å². The lowest BCUT2D eigenvalue weighted by atomic mass is 9.97. The van der Waals surface area contributed by atoms with Crippen LogP contribution >= 0.6 is 0 Å². The van der Waals surface area contributed by atoms with Gasteiger partial charge in [0.2, 0.25) is 0 Å². The van der Waals surface area contributed by atoms with E-state index in [1.54, 1.807) is 0 Å². The van der Waals surface area contributed by atoms with E-state index in [0.29, 0.717) is 0 Å². The lowest BCUT2D eigenvalue weighted by molar-refractivity contribution is 0.595. The Hall–Kier alpha value is -7.36. The average molecular weight is 731 g/mol. The minimum Gasteiger partial charge on any atom is -0.456 e. The number of rotatable bonds is 7. The third-order valence-corrected chi connectivity index (χ3v) is 11.5. The van der Waals surface area contributed by atoms with Gasteiger partial charge in [-0.1, -0.05) is 133 Å². The number of benzene rings is 8. The molecule has 11 rings (SSSR count). The molecule has 0 spiro atoms. The second kappa shape index (κ2) is 13.7. The molecule has 0 atom stereocenters. The molecule has 0 saturated carbocycles. The third kappa shape index (κ3) is 5.75. The van der Waals surface area contributed by atoms with Crippen molar-refractivity contribution in [3.63, 3.8) is 0 Å². The van der Waals surface area contributed by atoms with Crippen molar-refractivity contribution in [1.29, 1.82) is 0 Å². The molecule has 2 aromatic heterocycles. The largest absolute Gasteiger partial charge is 0.456 e. The van der Waals surface area contributed by atoms with Crippen molar-refractivity contribution in [1.82, 2.24) is 4.57 Å². The van der Waals surface area contributed by atoms with Gasteiger partial charge in [-0.3, -0.25) is 0 Å². The molecule has 0 fully saturated rings. The molecule has 270 valence electrons. The summed E-state index contributed by atoms with van der Waals surface area (Å²) in [7, 11) is 0. The first-order valence-corrected chi connectivity index (χ1v) is 19.7. The number of fused-ring (bicyclic) bond motifs is 6. The Morgan fingerprint density at radius 1 is 0.456 bits per heavy atom. The topological polar surface area (TPSA) is 21.3 Å². The quantitative estimate of drug-likeness (QED) is 0.163. The minimum atomic E-state index is 0.915. The van der Waals surface area contributed by atoms with Crippen LogP contribution in [-0.2, 0) is 6.42 Å². The van der Waals surface area contributed by atoms with E-state index in [2.05, 4.69) is 216 Å². The number of para-hydroxylation sites is 3. The van der Waals surface area contributed by atoms with E-state index in [0.717, 1.165) is 58.1 Å². The van der Waals surface area contributed by atoms with E-state index in [9.17, 15) is 0 Å². The maximum Gasteiger partial charge on any atom is 0.137 e. The Morgan fingerprint density at radius 3 is 1.93 bits per heavy atom. The Kier molecular flexibility index (Phi) is 7.96. The molecule has 0 bridgehead atoms. The van der Waals surface area contributed by atoms with Gasteiger partial charge in [0, 0.05) is 50.4 Å². The number of nitrogens with zero attached hydrogens (tertiary/aromatic N) is 2. The molecule has 8 aromatic carbocycles. The lowest BCUT2D eigenvalue weighted by Crippen LogP contribution is -2.11. The Morgan fingerprint density at radius 2 is 1.09 bits per heavy atom. The molecule has 0 unspecified atom stereocenters. The molecule has 1 aliphatic rings. The number of hydrogen-bond donors (Lipinski definition) is 0. The number of anilines is 3. The van der Waals surface area contributed by atoms with Gasteiger partial charge >= 0.3 is 0 Å². The van der Waals surface area contributed by atoms with E-state index < -0.39 is 0 Å². The SMILES string of the molecule is C1=Cc2oc3cc(N(c4ccc(-c5ccc6c(c5)c5ccccc5n6-c5ccccc5)cc4)c4ccccc4-c4ccc(-c5ccccc5)cc4)ccc3c2CC1. The molecule has 0 radical (unpaired) electrons. The third-order valence-electron chi connectivity index (χ3n) is 11.5. The zero-order valence-corrected chi connectivity index (χ0v) is 31.3. The number of furan rings is 1. The van der Waals surface area contributed by atoms with E-state index in [4.69, 9.17) is 4.42 Å². The van der Waals surface area contributed by atoms with Gasteiger partial charge in [0.1, 0.15) is 11.3 Å². The maximum atomic E-state index is 6.48. The summed E-state index contributed by atoms with van der Waals surface area (Å²) in [4.78, 5) is 2.37. The van der Waals surface area contributed by atoms with Gasteiger partial charge in [0.15, 0.2) is 0 Å². The van der Waals surface area contributed by atoms with Crippen LogP contribution in [0, 0.1) is 0 Å². The molecule has 10 aromatic rings. The second-order valence-electron chi connectivity index (χ2n) is 14.8. The van der Waals surface area contributed by atoms with Crippen LogP contribution in [0.2, 0.25) is 0 Å². The van der Waals surface area contributed by atoms with Crippen molar-refractivity contribution in [2.45, 2.75) is 12.8 Å². The summed E-state index contributed by atoms with van der Waals surface area (Å²) < 4.78 is 8.85. The molecule has 3 heteroatoms. The van der Waals surface area contributed by atoms with E-state index >= 15 is 0 Å². The molecule has 1 aliphatic carbocycles. The number of aromatic nitrogens is 1. The highest BCUT2D eigenvalue weighted by atomic mass is 16.3. The lowest BCUT2D eigenvalue weighted by Gasteiger charge is -2.28. The van der Waals surface area contributed by atoms with E-state index in [-0.39, 0.29) is 0 Å². The highest BCUT2D eigenvalue weighted by Crippen LogP contribution is 2.44. The van der Waals surface area contributed by atoms with Crippen molar-refractivity contribution in [2.24, 2.45) is 0 Å². The van der Waals surface area contributed by atoms with Crippen molar-refractivity contribution < 1.29 is 4.42 Å². The zero-order chi connectivity index (χ0) is 37.7. The van der Waals surface area contributed by atoms with Crippen LogP contribution in [0.5, 0.6) is 0 Å². The monoisotopic (exact) mass is 730 g/mol. The Bertz CT molecular complexity index is 3100. The van der Waals surface area contributed by atoms with Crippen LogP contribution in [0.15, 0.2) is 205 Å². The molecule has 3 nitrogen and oxygen atoms in total. The van der Waals surface area contributed by atoms with E-state index in [1.807, 2.05) is 0 Å². The van der Waals surface area contributed by atoms with Gasteiger partial charge < -0.3 is 13.9 Å². The first kappa shape index (κ1) is 33.0. The van der Waals surface area contributed by atoms with Crippen LogP contribution in [0.4, 0.5) is 17.1 Å². The first-order chi connectivity index (χ1) is 28.3. The smallest absolute Gasteiger partial charge is 0.137 e. The van der Waals surface area contributed by atoms with E-state index in [1.165, 1.54) is 55.0 Å². The van der Waals surface area contributed by atoms with Crippen molar-refractivity contribution in [3.05, 3.63) is 212 Å². The number of hydrogen-bond acceptors (Lipinski definition) is 2. The fraction of sp³-hybridized carbons (Fsp3) is 0.0370. The second-order valence-corrected chi connectivity index (χ2v) is 14.8.